The first-order valence-electron chi connectivity index (χ1n) is 11.7. The standard InChI is InChI=1S/C27H34N2O5/c1-5-6-16-34-22-13-10-20(17-18(22)2)25(31)23-24(19-8-11-21(30)12-9-19)29(27(33)26(23)32)15-7-14-28(3)4/h8-13,17,24,30-31H,5-7,14-16H2,1-4H3/b25-23-. The van der Waals surface area contributed by atoms with Gasteiger partial charge in [0, 0.05) is 12.1 Å². The number of aliphatic hydroxyl groups excluding tert-OH is 1. The van der Waals surface area contributed by atoms with Gasteiger partial charge in [-0.3, -0.25) is 9.59 Å². The Labute approximate surface area is 201 Å². The summed E-state index contributed by atoms with van der Waals surface area (Å²) in [4.78, 5) is 29.6. The van der Waals surface area contributed by atoms with E-state index in [0.29, 0.717) is 30.7 Å². The number of likely N-dealkylation sites (tertiary alicyclic amines) is 1. The maximum atomic E-state index is 13.1. The number of benzene rings is 2. The van der Waals surface area contributed by atoms with Gasteiger partial charge in [-0.25, -0.2) is 0 Å². The molecule has 0 bridgehead atoms. The van der Waals surface area contributed by atoms with Crippen molar-refractivity contribution in [3.05, 3.63) is 64.7 Å². The van der Waals surface area contributed by atoms with Gasteiger partial charge >= 0.3 is 0 Å². The van der Waals surface area contributed by atoms with Crippen molar-refractivity contribution in [2.75, 3.05) is 33.8 Å². The molecule has 1 fully saturated rings. The molecule has 1 amide bonds. The van der Waals surface area contributed by atoms with E-state index in [9.17, 15) is 19.8 Å². The Hall–Kier alpha value is -3.32. The van der Waals surface area contributed by atoms with Crippen LogP contribution in [0.15, 0.2) is 48.0 Å². The summed E-state index contributed by atoms with van der Waals surface area (Å²) in [6, 6.07) is 10.9. The number of aliphatic hydroxyl groups is 1. The van der Waals surface area contributed by atoms with E-state index in [4.69, 9.17) is 4.74 Å². The van der Waals surface area contributed by atoms with Crippen LogP contribution in [0.5, 0.6) is 11.5 Å². The first-order chi connectivity index (χ1) is 16.2. The second kappa shape index (κ2) is 11.2. The maximum Gasteiger partial charge on any atom is 0.295 e. The van der Waals surface area contributed by atoms with E-state index in [1.54, 1.807) is 30.3 Å². The molecule has 7 heteroatoms. The third kappa shape index (κ3) is 5.59. The van der Waals surface area contributed by atoms with Gasteiger partial charge in [-0.05, 0) is 81.9 Å². The average Bonchev–Trinajstić information content (AvgIpc) is 3.05. The summed E-state index contributed by atoms with van der Waals surface area (Å²) in [6.07, 6.45) is 2.66. The summed E-state index contributed by atoms with van der Waals surface area (Å²) in [7, 11) is 3.90. The van der Waals surface area contributed by atoms with Crippen molar-refractivity contribution in [2.24, 2.45) is 0 Å². The summed E-state index contributed by atoms with van der Waals surface area (Å²) in [5.74, 6) is -0.738. The molecule has 0 aromatic heterocycles. The van der Waals surface area contributed by atoms with E-state index in [1.807, 2.05) is 25.9 Å². The Morgan fingerprint density at radius 2 is 1.79 bits per heavy atom. The molecule has 1 atom stereocenters. The van der Waals surface area contributed by atoms with Gasteiger partial charge in [0.2, 0.25) is 0 Å². The smallest absolute Gasteiger partial charge is 0.295 e. The zero-order chi connectivity index (χ0) is 24.8. The predicted molar refractivity (Wildman–Crippen MR) is 132 cm³/mol. The van der Waals surface area contributed by atoms with Gasteiger partial charge in [-0.2, -0.15) is 0 Å². The molecule has 0 saturated carbocycles. The topological polar surface area (TPSA) is 90.3 Å². The molecule has 0 radical (unpaired) electrons. The zero-order valence-electron chi connectivity index (χ0n) is 20.4. The first kappa shape index (κ1) is 25.3. The monoisotopic (exact) mass is 466 g/mol. The van der Waals surface area contributed by atoms with Gasteiger partial charge in [0.15, 0.2) is 0 Å². The summed E-state index contributed by atoms with van der Waals surface area (Å²) >= 11 is 0. The van der Waals surface area contributed by atoms with E-state index in [2.05, 4.69) is 6.92 Å². The van der Waals surface area contributed by atoms with Crippen LogP contribution in [0.3, 0.4) is 0 Å². The Bertz CT molecular complexity index is 1060. The first-order valence-corrected chi connectivity index (χ1v) is 11.7. The number of rotatable bonds is 10. The molecule has 34 heavy (non-hydrogen) atoms. The van der Waals surface area contributed by atoms with E-state index in [-0.39, 0.29) is 17.1 Å². The lowest BCUT2D eigenvalue weighted by atomic mass is 9.94. The van der Waals surface area contributed by atoms with Crippen LogP contribution in [0.25, 0.3) is 5.76 Å². The number of ketones is 1. The van der Waals surface area contributed by atoms with Crippen LogP contribution in [-0.4, -0.2) is 65.5 Å². The highest BCUT2D eigenvalue weighted by Crippen LogP contribution is 2.40. The van der Waals surface area contributed by atoms with Crippen molar-refractivity contribution in [3.8, 4) is 11.5 Å². The van der Waals surface area contributed by atoms with Gasteiger partial charge in [0.05, 0.1) is 18.2 Å². The third-order valence-corrected chi connectivity index (χ3v) is 5.96. The van der Waals surface area contributed by atoms with Gasteiger partial charge in [-0.15, -0.1) is 0 Å². The number of Topliss-reactive ketones (excluding diaryl/α,β-unsaturated/α-hetero) is 1. The molecule has 1 aliphatic rings. The second-order valence-electron chi connectivity index (χ2n) is 8.92. The van der Waals surface area contributed by atoms with Crippen molar-refractivity contribution in [2.45, 2.75) is 39.2 Å². The van der Waals surface area contributed by atoms with Gasteiger partial charge < -0.3 is 24.7 Å². The van der Waals surface area contributed by atoms with Crippen molar-refractivity contribution >= 4 is 17.4 Å². The fourth-order valence-electron chi connectivity index (χ4n) is 4.11. The number of unbranched alkanes of at least 4 members (excludes halogenated alkanes) is 1. The minimum Gasteiger partial charge on any atom is -0.508 e. The Morgan fingerprint density at radius 1 is 1.09 bits per heavy atom. The Kier molecular flexibility index (Phi) is 8.34. The van der Waals surface area contributed by atoms with Crippen molar-refractivity contribution in [1.82, 2.24) is 9.80 Å². The molecule has 3 rings (SSSR count). The second-order valence-corrected chi connectivity index (χ2v) is 8.92. The molecule has 2 aromatic rings. The number of nitrogens with zero attached hydrogens (tertiary/aromatic N) is 2. The minimum atomic E-state index is -0.733. The van der Waals surface area contributed by atoms with Crippen molar-refractivity contribution in [3.63, 3.8) is 0 Å². The normalized spacial score (nSPS) is 17.6. The van der Waals surface area contributed by atoms with E-state index < -0.39 is 17.7 Å². The molecular formula is C27H34N2O5. The molecule has 0 aliphatic carbocycles. The van der Waals surface area contributed by atoms with Crippen LogP contribution >= 0.6 is 0 Å². The summed E-state index contributed by atoms with van der Waals surface area (Å²) < 4.78 is 5.80. The van der Waals surface area contributed by atoms with Crippen LogP contribution in [0.1, 0.15) is 48.9 Å². The fourth-order valence-corrected chi connectivity index (χ4v) is 4.11. The largest absolute Gasteiger partial charge is 0.508 e. The SMILES string of the molecule is CCCCOc1ccc(/C(O)=C2/C(=O)C(=O)N(CCCN(C)C)C2c2ccc(O)cc2)cc1C. The summed E-state index contributed by atoms with van der Waals surface area (Å²) in [6.45, 7) is 5.72. The minimum absolute atomic E-state index is 0.0552. The highest BCUT2D eigenvalue weighted by atomic mass is 16.5. The number of phenolic OH excluding ortho intramolecular Hbond substituents is 1. The number of aromatic hydroxyl groups is 1. The number of aryl methyl sites for hydroxylation is 1. The van der Waals surface area contributed by atoms with Crippen molar-refractivity contribution in [1.29, 1.82) is 0 Å². The molecule has 2 aromatic carbocycles. The number of carbonyl (C=O) groups excluding carboxylic acids is 2. The van der Waals surface area contributed by atoms with Gasteiger partial charge in [0.25, 0.3) is 11.7 Å². The lowest BCUT2D eigenvalue weighted by molar-refractivity contribution is -0.139. The van der Waals surface area contributed by atoms with Gasteiger partial charge in [-0.1, -0.05) is 25.5 Å². The molecule has 182 valence electrons. The van der Waals surface area contributed by atoms with Crippen LogP contribution in [-0.2, 0) is 9.59 Å². The number of hydrogen-bond donors (Lipinski definition) is 2. The zero-order valence-corrected chi connectivity index (χ0v) is 20.4. The molecule has 1 saturated heterocycles. The molecule has 1 unspecified atom stereocenters. The van der Waals surface area contributed by atoms with E-state index in [0.717, 1.165) is 30.7 Å². The average molecular weight is 467 g/mol. The molecular weight excluding hydrogens is 432 g/mol. The van der Waals surface area contributed by atoms with Gasteiger partial charge in [0.1, 0.15) is 17.3 Å². The Morgan fingerprint density at radius 3 is 2.41 bits per heavy atom. The maximum absolute atomic E-state index is 13.1. The number of carbonyl (C=O) groups is 2. The van der Waals surface area contributed by atoms with Crippen LogP contribution in [0.2, 0.25) is 0 Å². The van der Waals surface area contributed by atoms with Crippen LogP contribution in [0.4, 0.5) is 0 Å². The molecule has 7 nitrogen and oxygen atoms in total. The molecule has 2 N–H and O–H groups in total. The van der Waals surface area contributed by atoms with E-state index >= 15 is 0 Å². The quantitative estimate of drug-likeness (QED) is 0.235. The summed E-state index contributed by atoms with van der Waals surface area (Å²) in [5.41, 5.74) is 2.00. The number of amides is 1. The highest BCUT2D eigenvalue weighted by molar-refractivity contribution is 6.46. The van der Waals surface area contributed by atoms with Crippen LogP contribution < -0.4 is 4.74 Å². The number of phenols is 1. The Balaban J connectivity index is 2.02. The highest BCUT2D eigenvalue weighted by Gasteiger charge is 2.45. The van der Waals surface area contributed by atoms with Crippen LogP contribution in [0, 0.1) is 6.92 Å². The lowest BCUT2D eigenvalue weighted by Gasteiger charge is -2.26. The van der Waals surface area contributed by atoms with Crippen molar-refractivity contribution < 1.29 is 24.5 Å². The molecule has 0 spiro atoms. The predicted octanol–water partition coefficient (Wildman–Crippen LogP) is 4.25. The van der Waals surface area contributed by atoms with E-state index in [1.165, 1.54) is 17.0 Å². The molecule has 1 heterocycles. The molecule has 1 aliphatic heterocycles. The third-order valence-electron chi connectivity index (χ3n) is 5.96. The number of hydrogen-bond acceptors (Lipinski definition) is 6. The summed E-state index contributed by atoms with van der Waals surface area (Å²) in [5, 5.41) is 21.0. The lowest BCUT2D eigenvalue weighted by Crippen LogP contribution is -2.32. The number of ether oxygens (including phenoxy) is 1. The fraction of sp³-hybridized carbons (Fsp3) is 0.407.